The predicted octanol–water partition coefficient (Wildman–Crippen LogP) is 1.22. The summed E-state index contributed by atoms with van der Waals surface area (Å²) in [5.74, 6) is -1.54. The summed E-state index contributed by atoms with van der Waals surface area (Å²) in [6, 6.07) is 0. The van der Waals surface area contributed by atoms with Crippen LogP contribution in [-0.2, 0) is 4.79 Å². The number of aliphatic hydroxyl groups is 2. The lowest BCUT2D eigenvalue weighted by atomic mass is 10.6. The predicted molar refractivity (Wildman–Crippen MR) is 36.8 cm³/mol. The van der Waals surface area contributed by atoms with E-state index in [1.165, 1.54) is 6.08 Å². The molecule has 0 fully saturated rings. The first-order valence-corrected chi connectivity index (χ1v) is 2.41. The normalized spacial score (nSPS) is 6.50. The quantitative estimate of drug-likeness (QED) is 0.384. The number of carboxylic acids is 1. The van der Waals surface area contributed by atoms with E-state index in [9.17, 15) is 0 Å². The second-order valence-electron chi connectivity index (χ2n) is 1.28. The van der Waals surface area contributed by atoms with E-state index in [0.29, 0.717) is 0 Å². The fourth-order valence-corrected chi connectivity index (χ4v) is 0.105. The third-order valence-electron chi connectivity index (χ3n) is 0.267. The van der Waals surface area contributed by atoms with E-state index in [2.05, 4.69) is 6.58 Å². The van der Waals surface area contributed by atoms with Crippen LogP contribution in [0.1, 0.15) is 6.92 Å². The summed E-state index contributed by atoms with van der Waals surface area (Å²) in [6.07, 6.45) is 2.37. The van der Waals surface area contributed by atoms with Crippen molar-refractivity contribution in [1.29, 1.82) is 0 Å². The fourth-order valence-electron chi connectivity index (χ4n) is 0.105. The molecule has 0 aliphatic rings. The van der Waals surface area contributed by atoms with Gasteiger partial charge < -0.3 is 15.3 Å². The average Bonchev–Trinajstić information content (AvgIpc) is 1.62. The highest BCUT2D eigenvalue weighted by atomic mass is 16.5. The molecule has 4 nitrogen and oxygen atoms in total. The minimum Gasteiger partial charge on any atom is -0.481 e. The molecule has 3 N–H and O–H groups in total. The monoisotopic (exact) mass is 146 g/mol. The van der Waals surface area contributed by atoms with Gasteiger partial charge in [-0.1, -0.05) is 12.7 Å². The summed E-state index contributed by atoms with van der Waals surface area (Å²) < 4.78 is 0. The van der Waals surface area contributed by atoms with Crippen molar-refractivity contribution < 1.29 is 20.1 Å². The molecule has 0 atom stereocenters. The molecule has 0 spiro atoms. The standard InChI is InChI=1S/C4H6O2.C2H4O2/c1-2-3-4(5)6;1-2(3)4/h2-3,5-6H,1H2;1H3,(H,3,4). The van der Waals surface area contributed by atoms with Crippen LogP contribution in [0, 0.1) is 0 Å². The summed E-state index contributed by atoms with van der Waals surface area (Å²) in [4.78, 5) is 9.00. The molecule has 58 valence electrons. The van der Waals surface area contributed by atoms with Gasteiger partial charge in [0.15, 0.2) is 0 Å². The molecular formula is C6H10O4. The Kier molecular flexibility index (Phi) is 8.58. The second kappa shape index (κ2) is 7.55. The average molecular weight is 146 g/mol. The van der Waals surface area contributed by atoms with Crippen molar-refractivity contribution >= 4 is 5.97 Å². The van der Waals surface area contributed by atoms with Gasteiger partial charge in [0.1, 0.15) is 0 Å². The Bertz CT molecular complexity index is 129. The van der Waals surface area contributed by atoms with Gasteiger partial charge in [-0.15, -0.1) is 0 Å². The Morgan fingerprint density at radius 3 is 1.70 bits per heavy atom. The van der Waals surface area contributed by atoms with E-state index in [-0.39, 0.29) is 0 Å². The van der Waals surface area contributed by atoms with Gasteiger partial charge in [-0.25, -0.2) is 0 Å². The number of hydrogen-bond donors (Lipinski definition) is 3. The molecule has 4 heteroatoms. The Balaban J connectivity index is 0. The van der Waals surface area contributed by atoms with Gasteiger partial charge in [0.25, 0.3) is 11.9 Å². The lowest BCUT2D eigenvalue weighted by molar-refractivity contribution is -0.134. The van der Waals surface area contributed by atoms with Gasteiger partial charge in [-0.2, -0.15) is 0 Å². The van der Waals surface area contributed by atoms with Crippen molar-refractivity contribution in [3.8, 4) is 0 Å². The second-order valence-corrected chi connectivity index (χ2v) is 1.28. The molecule has 0 radical (unpaired) electrons. The van der Waals surface area contributed by atoms with Gasteiger partial charge in [0.2, 0.25) is 0 Å². The minimum atomic E-state index is -0.833. The van der Waals surface area contributed by atoms with Crippen LogP contribution in [0.25, 0.3) is 0 Å². The topological polar surface area (TPSA) is 77.8 Å². The maximum atomic E-state index is 9.00. The highest BCUT2D eigenvalue weighted by molar-refractivity contribution is 5.62. The fraction of sp³-hybridized carbons (Fsp3) is 0.167. The first kappa shape index (κ1) is 11.4. The van der Waals surface area contributed by atoms with E-state index >= 15 is 0 Å². The third-order valence-corrected chi connectivity index (χ3v) is 0.267. The summed E-state index contributed by atoms with van der Waals surface area (Å²) in [6.45, 7) is 4.29. The van der Waals surface area contributed by atoms with E-state index in [0.717, 1.165) is 13.0 Å². The van der Waals surface area contributed by atoms with Gasteiger partial charge in [0.05, 0.1) is 0 Å². The molecule has 0 aromatic heterocycles. The van der Waals surface area contributed by atoms with Gasteiger partial charge in [-0.05, 0) is 0 Å². The van der Waals surface area contributed by atoms with E-state index in [1.54, 1.807) is 0 Å². The molecule has 0 rings (SSSR count). The Hall–Kier alpha value is -1.45. The molecule has 0 aliphatic carbocycles. The molecule has 0 aromatic carbocycles. The van der Waals surface area contributed by atoms with Crippen LogP contribution in [0.15, 0.2) is 24.7 Å². The number of aliphatic hydroxyl groups excluding tert-OH is 1. The lowest BCUT2D eigenvalue weighted by Gasteiger charge is -1.76. The van der Waals surface area contributed by atoms with Crippen LogP contribution in [0.3, 0.4) is 0 Å². The van der Waals surface area contributed by atoms with Crippen LogP contribution < -0.4 is 0 Å². The van der Waals surface area contributed by atoms with Crippen molar-refractivity contribution in [3.63, 3.8) is 0 Å². The summed E-state index contributed by atoms with van der Waals surface area (Å²) in [5, 5.41) is 23.2. The van der Waals surface area contributed by atoms with Crippen LogP contribution >= 0.6 is 0 Å². The molecule has 0 amide bonds. The highest BCUT2D eigenvalue weighted by Gasteiger charge is 1.70. The molecule has 10 heavy (non-hydrogen) atoms. The molecule has 0 saturated heterocycles. The molecule has 0 aromatic rings. The lowest BCUT2D eigenvalue weighted by Crippen LogP contribution is -1.78. The summed E-state index contributed by atoms with van der Waals surface area (Å²) >= 11 is 0. The van der Waals surface area contributed by atoms with Gasteiger partial charge in [0, 0.05) is 13.0 Å². The van der Waals surface area contributed by atoms with E-state index < -0.39 is 11.9 Å². The Labute approximate surface area is 58.7 Å². The van der Waals surface area contributed by atoms with Crippen LogP contribution in [0.4, 0.5) is 0 Å². The van der Waals surface area contributed by atoms with E-state index in [4.69, 9.17) is 20.1 Å². The molecule has 0 bridgehead atoms. The van der Waals surface area contributed by atoms with Crippen molar-refractivity contribution in [2.24, 2.45) is 0 Å². The summed E-state index contributed by atoms with van der Waals surface area (Å²) in [7, 11) is 0. The van der Waals surface area contributed by atoms with Crippen molar-refractivity contribution in [2.75, 3.05) is 0 Å². The Morgan fingerprint density at radius 1 is 1.40 bits per heavy atom. The molecule has 0 unspecified atom stereocenters. The zero-order valence-electron chi connectivity index (χ0n) is 5.61. The SMILES string of the molecule is C=CC=C(O)O.CC(=O)O. The molecule has 0 heterocycles. The first-order valence-electron chi connectivity index (χ1n) is 2.41. The van der Waals surface area contributed by atoms with Crippen molar-refractivity contribution in [2.45, 2.75) is 6.92 Å². The number of allylic oxidation sites excluding steroid dienone is 2. The Morgan fingerprint density at radius 2 is 1.70 bits per heavy atom. The van der Waals surface area contributed by atoms with Gasteiger partial charge in [-0.3, -0.25) is 4.79 Å². The maximum absolute atomic E-state index is 9.00. The van der Waals surface area contributed by atoms with Crippen molar-refractivity contribution in [1.82, 2.24) is 0 Å². The molecule has 0 aliphatic heterocycles. The van der Waals surface area contributed by atoms with Crippen LogP contribution in [-0.4, -0.2) is 21.3 Å². The highest BCUT2D eigenvalue weighted by Crippen LogP contribution is 1.75. The number of carboxylic acid groups (broad SMARTS) is 1. The molecule has 0 saturated carbocycles. The largest absolute Gasteiger partial charge is 0.481 e. The van der Waals surface area contributed by atoms with E-state index in [1.807, 2.05) is 0 Å². The third kappa shape index (κ3) is 84.0. The number of rotatable bonds is 1. The van der Waals surface area contributed by atoms with Crippen molar-refractivity contribution in [3.05, 3.63) is 24.7 Å². The first-order chi connectivity index (χ1) is 4.50. The molecular weight excluding hydrogens is 136 g/mol. The zero-order chi connectivity index (χ0) is 8.57. The number of carbonyl (C=O) groups is 1. The van der Waals surface area contributed by atoms with Gasteiger partial charge >= 0.3 is 0 Å². The maximum Gasteiger partial charge on any atom is 0.300 e. The van der Waals surface area contributed by atoms with Crippen LogP contribution in [0.5, 0.6) is 0 Å². The smallest absolute Gasteiger partial charge is 0.300 e. The minimum absolute atomic E-state index is 0.704. The van der Waals surface area contributed by atoms with Crippen LogP contribution in [0.2, 0.25) is 0 Å². The summed E-state index contributed by atoms with van der Waals surface area (Å²) in [5.41, 5.74) is 0. The number of aliphatic carboxylic acids is 1. The number of hydrogen-bond acceptors (Lipinski definition) is 3. The zero-order valence-corrected chi connectivity index (χ0v) is 5.61.